The van der Waals surface area contributed by atoms with Crippen molar-refractivity contribution in [2.75, 3.05) is 19.6 Å². The van der Waals surface area contributed by atoms with Gasteiger partial charge in [-0.2, -0.15) is 0 Å². The van der Waals surface area contributed by atoms with Crippen LogP contribution in [0, 0.1) is 0 Å². The molecule has 5 heteroatoms. The monoisotopic (exact) mass is 225 g/mol. The van der Waals surface area contributed by atoms with Gasteiger partial charge < -0.3 is 10.6 Å². The van der Waals surface area contributed by atoms with Gasteiger partial charge in [-0.1, -0.05) is 24.9 Å². The Balaban J connectivity index is 2.40. The Hall–Kier alpha value is -0.770. The molecule has 1 heterocycles. The van der Waals surface area contributed by atoms with Crippen LogP contribution in [0.25, 0.3) is 10.4 Å². The summed E-state index contributed by atoms with van der Waals surface area (Å²) in [5.74, 6) is 0. The summed E-state index contributed by atoms with van der Waals surface area (Å²) in [5.41, 5.74) is 14.6. The van der Waals surface area contributed by atoms with E-state index in [2.05, 4.69) is 21.8 Å². The smallest absolute Gasteiger partial charge is 0.0537 e. The van der Waals surface area contributed by atoms with Gasteiger partial charge in [-0.3, -0.25) is 0 Å². The summed E-state index contributed by atoms with van der Waals surface area (Å²) in [6.45, 7) is 5.24. The van der Waals surface area contributed by atoms with E-state index in [1.54, 1.807) is 0 Å². The zero-order valence-corrected chi connectivity index (χ0v) is 10.2. The third kappa shape index (κ3) is 4.39. The highest BCUT2D eigenvalue weighted by Crippen LogP contribution is 2.12. The Morgan fingerprint density at radius 2 is 2.06 bits per heavy atom. The molecule has 0 radical (unpaired) electrons. The first-order chi connectivity index (χ1) is 7.77. The normalized spacial score (nSPS) is 21.1. The predicted octanol–water partition coefficient (Wildman–Crippen LogP) is 2.28. The second-order valence-corrected chi connectivity index (χ2v) is 4.59. The fourth-order valence-corrected chi connectivity index (χ4v) is 2.28. The van der Waals surface area contributed by atoms with E-state index in [-0.39, 0.29) is 12.1 Å². The van der Waals surface area contributed by atoms with Gasteiger partial charge in [-0.15, -0.1) is 0 Å². The Morgan fingerprint density at radius 1 is 1.38 bits per heavy atom. The zero-order chi connectivity index (χ0) is 11.8. The zero-order valence-electron chi connectivity index (χ0n) is 10.2. The summed E-state index contributed by atoms with van der Waals surface area (Å²) in [6.07, 6.45) is 5.77. The van der Waals surface area contributed by atoms with Crippen molar-refractivity contribution in [2.24, 2.45) is 10.8 Å². The minimum atomic E-state index is -0.0445. The Bertz CT molecular complexity index is 231. The van der Waals surface area contributed by atoms with Crippen molar-refractivity contribution in [1.29, 1.82) is 0 Å². The van der Waals surface area contributed by atoms with Crippen LogP contribution >= 0.6 is 0 Å². The lowest BCUT2D eigenvalue weighted by molar-refractivity contribution is 0.206. The highest BCUT2D eigenvalue weighted by atomic mass is 15.2. The second kappa shape index (κ2) is 7.49. The molecule has 1 saturated heterocycles. The number of nitrogens with zero attached hydrogens (tertiary/aromatic N) is 4. The van der Waals surface area contributed by atoms with E-state index in [0.29, 0.717) is 0 Å². The molecular formula is C11H23N5. The molecule has 0 aromatic carbocycles. The van der Waals surface area contributed by atoms with E-state index in [9.17, 15) is 0 Å². The van der Waals surface area contributed by atoms with Crippen molar-refractivity contribution in [3.05, 3.63) is 10.4 Å². The van der Waals surface area contributed by atoms with Crippen LogP contribution in [0.2, 0.25) is 0 Å². The molecule has 0 bridgehead atoms. The highest BCUT2D eigenvalue weighted by molar-refractivity contribution is 4.83. The van der Waals surface area contributed by atoms with E-state index < -0.39 is 0 Å². The molecule has 1 aliphatic heterocycles. The van der Waals surface area contributed by atoms with Gasteiger partial charge in [0, 0.05) is 17.5 Å². The number of piperidine rings is 1. The fourth-order valence-electron chi connectivity index (χ4n) is 2.28. The lowest BCUT2D eigenvalue weighted by atomic mass is 10.0. The highest BCUT2D eigenvalue weighted by Gasteiger charge is 2.19. The summed E-state index contributed by atoms with van der Waals surface area (Å²) in [6, 6.07) is -0.0640. The summed E-state index contributed by atoms with van der Waals surface area (Å²) >= 11 is 0. The lowest BCUT2D eigenvalue weighted by Crippen LogP contribution is -2.45. The van der Waals surface area contributed by atoms with Crippen LogP contribution in [-0.2, 0) is 0 Å². The van der Waals surface area contributed by atoms with Crippen LogP contribution in [0.3, 0.4) is 0 Å². The first-order valence-electron chi connectivity index (χ1n) is 6.30. The molecular weight excluding hydrogens is 202 g/mol. The minimum absolute atomic E-state index is 0.0195. The summed E-state index contributed by atoms with van der Waals surface area (Å²) < 4.78 is 0. The molecule has 2 atom stereocenters. The van der Waals surface area contributed by atoms with Crippen molar-refractivity contribution in [3.8, 4) is 0 Å². The molecule has 0 aromatic heterocycles. The van der Waals surface area contributed by atoms with Gasteiger partial charge in [0.05, 0.1) is 6.04 Å². The molecule has 5 nitrogen and oxygen atoms in total. The van der Waals surface area contributed by atoms with E-state index in [1.807, 2.05) is 0 Å². The SMILES string of the molecule is CCC[C@@H](N=[N+]=[N-])[C@@H](N)CN1CCCCC1. The first kappa shape index (κ1) is 13.3. The van der Waals surface area contributed by atoms with E-state index >= 15 is 0 Å². The molecule has 0 saturated carbocycles. The molecule has 1 aliphatic rings. The Kier molecular flexibility index (Phi) is 6.23. The van der Waals surface area contributed by atoms with Crippen molar-refractivity contribution in [3.63, 3.8) is 0 Å². The van der Waals surface area contributed by atoms with E-state index in [0.717, 1.165) is 32.5 Å². The average Bonchev–Trinajstić information content (AvgIpc) is 2.30. The van der Waals surface area contributed by atoms with Crippen molar-refractivity contribution < 1.29 is 0 Å². The third-order valence-corrected chi connectivity index (χ3v) is 3.20. The number of likely N-dealkylation sites (tertiary alicyclic amines) is 1. The van der Waals surface area contributed by atoms with Gasteiger partial charge in [0.2, 0.25) is 0 Å². The van der Waals surface area contributed by atoms with Crippen LogP contribution in [0.1, 0.15) is 39.0 Å². The Morgan fingerprint density at radius 3 is 2.62 bits per heavy atom. The largest absolute Gasteiger partial charge is 0.326 e. The van der Waals surface area contributed by atoms with Crippen LogP contribution in [-0.4, -0.2) is 36.6 Å². The van der Waals surface area contributed by atoms with E-state index in [1.165, 1.54) is 19.3 Å². The molecule has 92 valence electrons. The number of nitrogens with two attached hydrogens (primary N) is 1. The van der Waals surface area contributed by atoms with Crippen LogP contribution < -0.4 is 5.73 Å². The summed E-state index contributed by atoms with van der Waals surface area (Å²) in [4.78, 5) is 5.29. The number of rotatable bonds is 6. The van der Waals surface area contributed by atoms with E-state index in [4.69, 9.17) is 11.3 Å². The van der Waals surface area contributed by atoms with Crippen molar-refractivity contribution in [2.45, 2.75) is 51.1 Å². The van der Waals surface area contributed by atoms with Gasteiger partial charge in [-0.05, 0) is 37.9 Å². The van der Waals surface area contributed by atoms with Crippen molar-refractivity contribution >= 4 is 0 Å². The molecule has 0 aromatic rings. The molecule has 0 spiro atoms. The average molecular weight is 225 g/mol. The number of hydrogen-bond acceptors (Lipinski definition) is 3. The predicted molar refractivity (Wildman–Crippen MR) is 66.1 cm³/mol. The third-order valence-electron chi connectivity index (χ3n) is 3.20. The second-order valence-electron chi connectivity index (χ2n) is 4.59. The molecule has 2 N–H and O–H groups in total. The maximum absolute atomic E-state index is 8.51. The molecule has 1 fully saturated rings. The maximum Gasteiger partial charge on any atom is 0.0537 e. The number of azide groups is 1. The first-order valence-corrected chi connectivity index (χ1v) is 6.30. The fraction of sp³-hybridized carbons (Fsp3) is 1.00. The standard InChI is InChI=1S/C11H23N5/c1-2-6-11(14-15-13)10(12)9-16-7-4-3-5-8-16/h10-11H,2-9,12H2,1H3/t10-,11+/m0/s1. The van der Waals surface area contributed by atoms with Gasteiger partial charge in [0.1, 0.15) is 0 Å². The van der Waals surface area contributed by atoms with Crippen molar-refractivity contribution in [1.82, 2.24) is 4.90 Å². The number of hydrogen-bond donors (Lipinski definition) is 1. The lowest BCUT2D eigenvalue weighted by Gasteiger charge is -2.30. The molecule has 16 heavy (non-hydrogen) atoms. The molecule has 0 amide bonds. The Labute approximate surface area is 97.6 Å². The van der Waals surface area contributed by atoms with Crippen LogP contribution in [0.4, 0.5) is 0 Å². The summed E-state index contributed by atoms with van der Waals surface area (Å²) in [7, 11) is 0. The quantitative estimate of drug-likeness (QED) is 0.427. The maximum atomic E-state index is 8.51. The summed E-state index contributed by atoms with van der Waals surface area (Å²) in [5, 5.41) is 3.81. The topological polar surface area (TPSA) is 78.0 Å². The molecule has 0 unspecified atom stereocenters. The van der Waals surface area contributed by atoms with Crippen LogP contribution in [0.15, 0.2) is 5.11 Å². The van der Waals surface area contributed by atoms with Gasteiger partial charge in [0.25, 0.3) is 0 Å². The minimum Gasteiger partial charge on any atom is -0.326 e. The van der Waals surface area contributed by atoms with Gasteiger partial charge in [0.15, 0.2) is 0 Å². The van der Waals surface area contributed by atoms with Gasteiger partial charge in [-0.25, -0.2) is 0 Å². The van der Waals surface area contributed by atoms with Crippen LogP contribution in [0.5, 0.6) is 0 Å². The van der Waals surface area contributed by atoms with Gasteiger partial charge >= 0.3 is 0 Å². The molecule has 0 aliphatic carbocycles. The molecule has 1 rings (SSSR count).